The number of nitrogens with one attached hydrogen (secondary N) is 1. The third-order valence-electron chi connectivity index (χ3n) is 6.06. The van der Waals surface area contributed by atoms with E-state index in [9.17, 15) is 9.59 Å². The quantitative estimate of drug-likeness (QED) is 0.593. The molecule has 1 fully saturated rings. The largest absolute Gasteiger partial charge is 0.352 e. The lowest BCUT2D eigenvalue weighted by Crippen LogP contribution is -2.51. The Bertz CT molecular complexity index is 875. The summed E-state index contributed by atoms with van der Waals surface area (Å²) in [5.41, 5.74) is 3.05. The number of nitrogens with zero attached hydrogens (tertiary/aromatic N) is 1. The van der Waals surface area contributed by atoms with Crippen molar-refractivity contribution in [3.63, 3.8) is 0 Å². The van der Waals surface area contributed by atoms with Gasteiger partial charge in [0.05, 0.1) is 6.42 Å². The molecule has 2 aromatic rings. The summed E-state index contributed by atoms with van der Waals surface area (Å²) in [4.78, 5) is 28.3. The summed E-state index contributed by atoms with van der Waals surface area (Å²) >= 11 is 6.11. The van der Waals surface area contributed by atoms with E-state index in [0.717, 1.165) is 36.8 Å². The van der Waals surface area contributed by atoms with Crippen LogP contribution in [-0.4, -0.2) is 28.8 Å². The van der Waals surface area contributed by atoms with Crippen LogP contribution >= 0.6 is 11.6 Å². The van der Waals surface area contributed by atoms with Crippen LogP contribution in [0.2, 0.25) is 5.02 Å². The molecule has 5 heteroatoms. The standard InChI is InChI=1S/C26H33ClN2O2/c1-3-24(26(31)28-23-10-5-4-6-11-23)29(18-20-14-12-19(2)13-15-20)25(30)17-21-8-7-9-22(27)16-21/h7-9,12-16,23-24H,3-6,10-11,17-18H2,1-2H3,(H,28,31)/t24-/m0/s1. The number of hydrogen-bond acceptors (Lipinski definition) is 2. The second-order valence-electron chi connectivity index (χ2n) is 8.58. The van der Waals surface area contributed by atoms with Gasteiger partial charge in [-0.15, -0.1) is 0 Å². The van der Waals surface area contributed by atoms with E-state index in [4.69, 9.17) is 11.6 Å². The van der Waals surface area contributed by atoms with Crippen molar-refractivity contribution in [2.45, 2.75) is 77.4 Å². The van der Waals surface area contributed by atoms with Crippen LogP contribution in [0.1, 0.15) is 62.1 Å². The predicted octanol–water partition coefficient (Wildman–Crippen LogP) is 5.45. The van der Waals surface area contributed by atoms with Crippen molar-refractivity contribution in [1.82, 2.24) is 10.2 Å². The van der Waals surface area contributed by atoms with Gasteiger partial charge in [-0.1, -0.05) is 79.7 Å². The van der Waals surface area contributed by atoms with Gasteiger partial charge in [-0.3, -0.25) is 9.59 Å². The Balaban J connectivity index is 1.80. The molecular weight excluding hydrogens is 408 g/mol. The van der Waals surface area contributed by atoms with Gasteiger partial charge in [0.15, 0.2) is 0 Å². The maximum atomic E-state index is 13.4. The van der Waals surface area contributed by atoms with Gasteiger partial charge in [-0.25, -0.2) is 0 Å². The molecule has 166 valence electrons. The molecule has 1 N–H and O–H groups in total. The van der Waals surface area contributed by atoms with E-state index in [1.807, 2.05) is 56.3 Å². The highest BCUT2D eigenvalue weighted by Gasteiger charge is 2.30. The molecule has 1 saturated carbocycles. The molecule has 2 aromatic carbocycles. The number of benzene rings is 2. The van der Waals surface area contributed by atoms with E-state index in [-0.39, 0.29) is 24.3 Å². The topological polar surface area (TPSA) is 49.4 Å². The molecule has 4 nitrogen and oxygen atoms in total. The molecule has 0 aromatic heterocycles. The van der Waals surface area contributed by atoms with Crippen LogP contribution in [0.15, 0.2) is 48.5 Å². The maximum Gasteiger partial charge on any atom is 0.243 e. The number of rotatable bonds is 8. The fourth-order valence-electron chi connectivity index (χ4n) is 4.28. The number of hydrogen-bond donors (Lipinski definition) is 1. The Kier molecular flexibility index (Phi) is 8.53. The third kappa shape index (κ3) is 6.83. The molecule has 0 heterocycles. The van der Waals surface area contributed by atoms with Crippen LogP contribution in [0.5, 0.6) is 0 Å². The van der Waals surface area contributed by atoms with Crippen molar-refractivity contribution in [2.24, 2.45) is 0 Å². The average Bonchev–Trinajstić information content (AvgIpc) is 2.75. The lowest BCUT2D eigenvalue weighted by Gasteiger charge is -2.33. The van der Waals surface area contributed by atoms with Crippen molar-refractivity contribution in [2.75, 3.05) is 0 Å². The molecule has 1 aliphatic carbocycles. The van der Waals surface area contributed by atoms with E-state index in [1.165, 1.54) is 12.0 Å². The Morgan fingerprint density at radius 2 is 1.77 bits per heavy atom. The molecule has 3 rings (SSSR count). The summed E-state index contributed by atoms with van der Waals surface area (Å²) in [5.74, 6) is -0.102. The van der Waals surface area contributed by atoms with E-state index < -0.39 is 6.04 Å². The minimum atomic E-state index is -0.491. The maximum absolute atomic E-state index is 13.4. The van der Waals surface area contributed by atoms with Crippen molar-refractivity contribution >= 4 is 23.4 Å². The van der Waals surface area contributed by atoms with Gasteiger partial charge in [0.1, 0.15) is 6.04 Å². The van der Waals surface area contributed by atoms with Gasteiger partial charge >= 0.3 is 0 Å². The fraction of sp³-hybridized carbons (Fsp3) is 0.462. The van der Waals surface area contributed by atoms with Crippen LogP contribution in [-0.2, 0) is 22.6 Å². The van der Waals surface area contributed by atoms with Crippen LogP contribution in [0.4, 0.5) is 0 Å². The Morgan fingerprint density at radius 3 is 2.42 bits per heavy atom. The van der Waals surface area contributed by atoms with E-state index >= 15 is 0 Å². The molecule has 31 heavy (non-hydrogen) atoms. The van der Waals surface area contributed by atoms with E-state index in [0.29, 0.717) is 18.0 Å². The zero-order chi connectivity index (χ0) is 22.2. The van der Waals surface area contributed by atoms with Gasteiger partial charge in [0.2, 0.25) is 11.8 Å². The molecule has 1 aliphatic rings. The molecule has 0 aliphatic heterocycles. The number of carbonyl (C=O) groups excluding carboxylic acids is 2. The summed E-state index contributed by atoms with van der Waals surface area (Å²) in [6, 6.07) is 15.2. The van der Waals surface area contributed by atoms with Crippen molar-refractivity contribution in [3.05, 3.63) is 70.2 Å². The van der Waals surface area contributed by atoms with E-state index in [1.54, 1.807) is 11.0 Å². The monoisotopic (exact) mass is 440 g/mol. The number of halogens is 1. The van der Waals surface area contributed by atoms with Crippen LogP contribution in [0.25, 0.3) is 0 Å². The first-order chi connectivity index (χ1) is 15.0. The molecule has 1 atom stereocenters. The molecule has 2 amide bonds. The average molecular weight is 441 g/mol. The first kappa shape index (κ1) is 23.3. The number of amides is 2. The Labute approximate surface area is 191 Å². The first-order valence-electron chi connectivity index (χ1n) is 11.4. The van der Waals surface area contributed by atoms with Crippen LogP contribution in [0.3, 0.4) is 0 Å². The van der Waals surface area contributed by atoms with Gasteiger partial charge in [0.25, 0.3) is 0 Å². The van der Waals surface area contributed by atoms with Gasteiger partial charge in [-0.05, 0) is 49.4 Å². The minimum Gasteiger partial charge on any atom is -0.352 e. The second kappa shape index (κ2) is 11.3. The SMILES string of the molecule is CC[C@@H](C(=O)NC1CCCCC1)N(Cc1ccc(C)cc1)C(=O)Cc1cccc(Cl)c1. The normalized spacial score (nSPS) is 15.3. The molecular formula is C26H33ClN2O2. The van der Waals surface area contributed by atoms with Crippen LogP contribution in [0, 0.1) is 6.92 Å². The minimum absolute atomic E-state index is 0.0408. The van der Waals surface area contributed by atoms with Gasteiger partial charge in [0, 0.05) is 17.6 Å². The Morgan fingerprint density at radius 1 is 1.06 bits per heavy atom. The molecule has 0 spiro atoms. The lowest BCUT2D eigenvalue weighted by molar-refractivity contribution is -0.141. The molecule has 0 saturated heterocycles. The highest BCUT2D eigenvalue weighted by atomic mass is 35.5. The zero-order valence-corrected chi connectivity index (χ0v) is 19.3. The van der Waals surface area contributed by atoms with Crippen molar-refractivity contribution < 1.29 is 9.59 Å². The Hall–Kier alpha value is -2.33. The summed E-state index contributed by atoms with van der Waals surface area (Å²) < 4.78 is 0. The highest BCUT2D eigenvalue weighted by Crippen LogP contribution is 2.20. The fourth-order valence-corrected chi connectivity index (χ4v) is 4.49. The smallest absolute Gasteiger partial charge is 0.243 e. The molecule has 0 unspecified atom stereocenters. The number of carbonyl (C=O) groups is 2. The second-order valence-corrected chi connectivity index (χ2v) is 9.02. The summed E-state index contributed by atoms with van der Waals surface area (Å²) in [6.07, 6.45) is 6.39. The third-order valence-corrected chi connectivity index (χ3v) is 6.29. The zero-order valence-electron chi connectivity index (χ0n) is 18.6. The summed E-state index contributed by atoms with van der Waals surface area (Å²) in [7, 11) is 0. The highest BCUT2D eigenvalue weighted by molar-refractivity contribution is 6.30. The molecule has 0 radical (unpaired) electrons. The van der Waals surface area contributed by atoms with Gasteiger partial charge in [-0.2, -0.15) is 0 Å². The van der Waals surface area contributed by atoms with Gasteiger partial charge < -0.3 is 10.2 Å². The number of aryl methyl sites for hydroxylation is 1. The molecule has 0 bridgehead atoms. The van der Waals surface area contributed by atoms with Crippen molar-refractivity contribution in [3.8, 4) is 0 Å². The predicted molar refractivity (Wildman–Crippen MR) is 126 cm³/mol. The van der Waals surface area contributed by atoms with E-state index in [2.05, 4.69) is 5.32 Å². The van der Waals surface area contributed by atoms with Crippen LogP contribution < -0.4 is 5.32 Å². The van der Waals surface area contributed by atoms with Crippen molar-refractivity contribution in [1.29, 1.82) is 0 Å². The summed E-state index contributed by atoms with van der Waals surface area (Å²) in [6.45, 7) is 4.43. The lowest BCUT2D eigenvalue weighted by atomic mass is 9.95. The summed E-state index contributed by atoms with van der Waals surface area (Å²) in [5, 5.41) is 3.83. The first-order valence-corrected chi connectivity index (χ1v) is 11.7.